The Bertz CT molecular complexity index is 524. The second kappa shape index (κ2) is 6.88. The van der Waals surface area contributed by atoms with Crippen molar-refractivity contribution < 1.29 is 19.1 Å². The number of nitrogens with one attached hydrogen (secondary N) is 1. The van der Waals surface area contributed by atoms with Crippen LogP contribution < -0.4 is 5.32 Å². The standard InChI is InChI=1S/C15H17NO4/c1-19-15(18)14(11-6-3-2-4-7-11)16-10-12(17)13-8-5-9-20-13/h2-9,12,14,16-17H,10H2,1H3. The van der Waals surface area contributed by atoms with Crippen LogP contribution in [-0.2, 0) is 9.53 Å². The number of esters is 1. The molecule has 5 heteroatoms. The SMILES string of the molecule is COC(=O)C(NCC(O)c1ccco1)c1ccccc1. The van der Waals surface area contributed by atoms with E-state index in [1.807, 2.05) is 30.3 Å². The Labute approximate surface area is 117 Å². The number of methoxy groups -OCH3 is 1. The van der Waals surface area contributed by atoms with E-state index >= 15 is 0 Å². The van der Waals surface area contributed by atoms with E-state index in [1.54, 1.807) is 12.1 Å². The summed E-state index contributed by atoms with van der Waals surface area (Å²) in [6.45, 7) is 0.183. The van der Waals surface area contributed by atoms with Crippen molar-refractivity contribution in [2.45, 2.75) is 12.1 Å². The van der Waals surface area contributed by atoms with Crippen LogP contribution in [0, 0.1) is 0 Å². The van der Waals surface area contributed by atoms with Gasteiger partial charge in [0.1, 0.15) is 17.9 Å². The van der Waals surface area contributed by atoms with Crippen LogP contribution in [0.5, 0.6) is 0 Å². The molecule has 0 bridgehead atoms. The quantitative estimate of drug-likeness (QED) is 0.787. The summed E-state index contributed by atoms with van der Waals surface area (Å²) in [6, 6.07) is 12.0. The average Bonchev–Trinajstić information content (AvgIpc) is 3.02. The van der Waals surface area contributed by atoms with Gasteiger partial charge in [0.2, 0.25) is 0 Å². The smallest absolute Gasteiger partial charge is 0.327 e. The number of hydrogen-bond acceptors (Lipinski definition) is 5. The molecule has 2 atom stereocenters. The number of benzene rings is 1. The summed E-state index contributed by atoms with van der Waals surface area (Å²) in [7, 11) is 1.34. The molecular weight excluding hydrogens is 258 g/mol. The fourth-order valence-electron chi connectivity index (χ4n) is 1.91. The van der Waals surface area contributed by atoms with Gasteiger partial charge in [-0.1, -0.05) is 30.3 Å². The second-order valence-corrected chi connectivity index (χ2v) is 4.31. The predicted octanol–water partition coefficient (Wildman–Crippen LogP) is 1.82. The molecule has 1 aromatic carbocycles. The van der Waals surface area contributed by atoms with Gasteiger partial charge in [0.05, 0.1) is 13.4 Å². The maximum absolute atomic E-state index is 11.8. The zero-order valence-electron chi connectivity index (χ0n) is 11.2. The van der Waals surface area contributed by atoms with Crippen molar-refractivity contribution in [1.82, 2.24) is 5.32 Å². The highest BCUT2D eigenvalue weighted by Gasteiger charge is 2.22. The molecule has 2 rings (SSSR count). The Kier molecular flexibility index (Phi) is 4.92. The maximum Gasteiger partial charge on any atom is 0.327 e. The fraction of sp³-hybridized carbons (Fsp3) is 0.267. The van der Waals surface area contributed by atoms with E-state index in [4.69, 9.17) is 9.15 Å². The summed E-state index contributed by atoms with van der Waals surface area (Å²) >= 11 is 0. The first-order valence-electron chi connectivity index (χ1n) is 6.30. The largest absolute Gasteiger partial charge is 0.468 e. The van der Waals surface area contributed by atoms with Gasteiger partial charge < -0.3 is 14.3 Å². The van der Waals surface area contributed by atoms with Crippen LogP contribution in [0.1, 0.15) is 23.5 Å². The predicted molar refractivity (Wildman–Crippen MR) is 72.9 cm³/mol. The van der Waals surface area contributed by atoms with Crippen LogP contribution in [0.2, 0.25) is 0 Å². The maximum atomic E-state index is 11.8. The van der Waals surface area contributed by atoms with Crippen molar-refractivity contribution in [3.63, 3.8) is 0 Å². The summed E-state index contributed by atoms with van der Waals surface area (Å²) < 4.78 is 9.90. The van der Waals surface area contributed by atoms with Gasteiger partial charge in [-0.05, 0) is 17.7 Å². The summed E-state index contributed by atoms with van der Waals surface area (Å²) in [5.41, 5.74) is 0.783. The third kappa shape index (κ3) is 3.46. The van der Waals surface area contributed by atoms with Gasteiger partial charge in [0.25, 0.3) is 0 Å². The average molecular weight is 275 g/mol. The minimum Gasteiger partial charge on any atom is -0.468 e. The number of carbonyl (C=O) groups excluding carboxylic acids is 1. The van der Waals surface area contributed by atoms with Gasteiger partial charge in [0.15, 0.2) is 0 Å². The van der Waals surface area contributed by atoms with Crippen molar-refractivity contribution in [1.29, 1.82) is 0 Å². The molecular formula is C15H17NO4. The fourth-order valence-corrected chi connectivity index (χ4v) is 1.91. The Morgan fingerprint density at radius 2 is 2.05 bits per heavy atom. The number of furan rings is 1. The van der Waals surface area contributed by atoms with E-state index < -0.39 is 18.1 Å². The molecule has 1 heterocycles. The second-order valence-electron chi connectivity index (χ2n) is 4.31. The van der Waals surface area contributed by atoms with Gasteiger partial charge in [-0.2, -0.15) is 0 Å². The molecule has 5 nitrogen and oxygen atoms in total. The van der Waals surface area contributed by atoms with E-state index in [-0.39, 0.29) is 6.54 Å². The molecule has 0 spiro atoms. The number of carbonyl (C=O) groups is 1. The lowest BCUT2D eigenvalue weighted by Crippen LogP contribution is -2.32. The summed E-state index contributed by atoms with van der Waals surface area (Å²) in [6.07, 6.45) is 0.675. The molecule has 0 aliphatic carbocycles. The number of ether oxygens (including phenoxy) is 1. The number of aliphatic hydroxyl groups excluding tert-OH is 1. The van der Waals surface area contributed by atoms with Crippen LogP contribution in [0.3, 0.4) is 0 Å². The zero-order valence-corrected chi connectivity index (χ0v) is 11.2. The van der Waals surface area contributed by atoms with Crippen LogP contribution in [-0.4, -0.2) is 24.7 Å². The van der Waals surface area contributed by atoms with Crippen LogP contribution in [0.15, 0.2) is 53.1 Å². The molecule has 0 saturated heterocycles. The highest BCUT2D eigenvalue weighted by Crippen LogP contribution is 2.17. The molecule has 0 amide bonds. The number of rotatable bonds is 6. The topological polar surface area (TPSA) is 71.7 Å². The Morgan fingerprint density at radius 3 is 2.65 bits per heavy atom. The molecule has 0 fully saturated rings. The van der Waals surface area contributed by atoms with Gasteiger partial charge in [-0.15, -0.1) is 0 Å². The molecule has 106 valence electrons. The molecule has 0 aliphatic heterocycles. The third-order valence-electron chi connectivity index (χ3n) is 2.96. The lowest BCUT2D eigenvalue weighted by molar-refractivity contribution is -0.143. The lowest BCUT2D eigenvalue weighted by atomic mass is 10.1. The Hall–Kier alpha value is -2.11. The number of aliphatic hydroxyl groups is 1. The van der Waals surface area contributed by atoms with Crippen molar-refractivity contribution in [3.05, 3.63) is 60.1 Å². The Balaban J connectivity index is 2.04. The lowest BCUT2D eigenvalue weighted by Gasteiger charge is -2.18. The summed E-state index contributed by atoms with van der Waals surface area (Å²) in [5.74, 6) is 0.0528. The van der Waals surface area contributed by atoms with E-state index in [9.17, 15) is 9.90 Å². The van der Waals surface area contributed by atoms with Crippen molar-refractivity contribution in [2.75, 3.05) is 13.7 Å². The van der Waals surface area contributed by atoms with Crippen molar-refractivity contribution in [3.8, 4) is 0 Å². The molecule has 2 N–H and O–H groups in total. The molecule has 2 unspecified atom stereocenters. The first-order chi connectivity index (χ1) is 9.72. The van der Waals surface area contributed by atoms with E-state index in [0.717, 1.165) is 5.56 Å². The molecule has 0 saturated carbocycles. The highest BCUT2D eigenvalue weighted by molar-refractivity contribution is 5.77. The minimum atomic E-state index is -0.819. The van der Waals surface area contributed by atoms with Crippen LogP contribution >= 0.6 is 0 Å². The van der Waals surface area contributed by atoms with E-state index in [2.05, 4.69) is 5.32 Å². The van der Waals surface area contributed by atoms with Crippen LogP contribution in [0.4, 0.5) is 0 Å². The van der Waals surface area contributed by atoms with Crippen LogP contribution in [0.25, 0.3) is 0 Å². The molecule has 1 aromatic heterocycles. The van der Waals surface area contributed by atoms with Crippen molar-refractivity contribution >= 4 is 5.97 Å². The molecule has 2 aromatic rings. The first kappa shape index (κ1) is 14.3. The molecule has 20 heavy (non-hydrogen) atoms. The van der Waals surface area contributed by atoms with Gasteiger partial charge in [-0.25, -0.2) is 4.79 Å². The Morgan fingerprint density at radius 1 is 1.30 bits per heavy atom. The summed E-state index contributed by atoms with van der Waals surface area (Å²) in [5, 5.41) is 12.9. The zero-order chi connectivity index (χ0) is 14.4. The van der Waals surface area contributed by atoms with Crippen molar-refractivity contribution in [2.24, 2.45) is 0 Å². The van der Waals surface area contributed by atoms with E-state index in [0.29, 0.717) is 5.76 Å². The van der Waals surface area contributed by atoms with Gasteiger partial charge in [0, 0.05) is 6.54 Å². The summed E-state index contributed by atoms with van der Waals surface area (Å²) in [4.78, 5) is 11.8. The van der Waals surface area contributed by atoms with Gasteiger partial charge >= 0.3 is 5.97 Å². The first-order valence-corrected chi connectivity index (χ1v) is 6.30. The van der Waals surface area contributed by atoms with E-state index in [1.165, 1.54) is 13.4 Å². The normalized spacial score (nSPS) is 13.7. The highest BCUT2D eigenvalue weighted by atomic mass is 16.5. The van der Waals surface area contributed by atoms with Gasteiger partial charge in [-0.3, -0.25) is 5.32 Å². The molecule has 0 radical (unpaired) electrons. The minimum absolute atomic E-state index is 0.183. The number of hydrogen-bond donors (Lipinski definition) is 2. The third-order valence-corrected chi connectivity index (χ3v) is 2.96. The molecule has 0 aliphatic rings. The monoisotopic (exact) mass is 275 g/mol.